The number of furan rings is 1. The second-order valence-corrected chi connectivity index (χ2v) is 12.8. The van der Waals surface area contributed by atoms with E-state index in [2.05, 4.69) is 167 Å². The van der Waals surface area contributed by atoms with Crippen LogP contribution in [0.25, 0.3) is 71.8 Å². The van der Waals surface area contributed by atoms with Crippen LogP contribution < -0.4 is 4.90 Å². The molecule has 240 valence electrons. The largest absolute Gasteiger partial charge is 0.456 e. The predicted octanol–water partition coefficient (Wildman–Crippen LogP) is 12.9. The smallest absolute Gasteiger partial charge is 0.139 e. The Labute approximate surface area is 295 Å². The van der Waals surface area contributed by atoms with Gasteiger partial charge in [-0.25, -0.2) is 0 Å². The van der Waals surface area contributed by atoms with Crippen LogP contribution in [0.1, 0.15) is 0 Å². The highest BCUT2D eigenvalue weighted by atomic mass is 16.3. The third-order valence-corrected chi connectivity index (χ3v) is 9.86. The van der Waals surface area contributed by atoms with E-state index in [9.17, 15) is 0 Å². The molecule has 0 atom stereocenters. The number of pyridine rings is 1. The molecule has 0 amide bonds. The van der Waals surface area contributed by atoms with Gasteiger partial charge in [-0.1, -0.05) is 115 Å². The van der Waals surface area contributed by atoms with Crippen molar-refractivity contribution < 1.29 is 4.42 Å². The van der Waals surface area contributed by atoms with E-state index in [1.807, 2.05) is 30.5 Å². The number of anilines is 3. The molecule has 10 rings (SSSR count). The first-order valence-corrected chi connectivity index (χ1v) is 17.2. The fourth-order valence-electron chi connectivity index (χ4n) is 7.57. The number of fused-ring (bicyclic) bond motifs is 6. The van der Waals surface area contributed by atoms with Gasteiger partial charge in [0.05, 0.1) is 27.8 Å². The highest BCUT2D eigenvalue weighted by molar-refractivity contribution is 6.11. The Bertz CT molecular complexity index is 2800. The van der Waals surface area contributed by atoms with Gasteiger partial charge >= 0.3 is 0 Å². The summed E-state index contributed by atoms with van der Waals surface area (Å²) in [5.41, 5.74) is 12.8. The minimum absolute atomic E-state index is 0.844. The topological polar surface area (TPSA) is 34.2 Å². The summed E-state index contributed by atoms with van der Waals surface area (Å²) in [6.07, 6.45) is 1.82. The van der Waals surface area contributed by atoms with Crippen LogP contribution in [0.3, 0.4) is 0 Å². The molecule has 0 N–H and O–H groups in total. The number of rotatable bonds is 6. The number of aromatic nitrogens is 2. The third-order valence-electron chi connectivity index (χ3n) is 9.86. The Morgan fingerprint density at radius 1 is 0.431 bits per heavy atom. The van der Waals surface area contributed by atoms with E-state index in [0.717, 1.165) is 61.5 Å². The van der Waals surface area contributed by atoms with Crippen LogP contribution in [-0.2, 0) is 0 Å². The lowest BCUT2D eigenvalue weighted by atomic mass is 10.0. The zero-order valence-electron chi connectivity index (χ0n) is 27.6. The van der Waals surface area contributed by atoms with Crippen molar-refractivity contribution in [1.29, 1.82) is 0 Å². The van der Waals surface area contributed by atoms with Crippen LogP contribution in [0, 0.1) is 0 Å². The average Bonchev–Trinajstić information content (AvgIpc) is 3.75. The average molecular weight is 654 g/mol. The van der Waals surface area contributed by atoms with Crippen molar-refractivity contribution in [2.45, 2.75) is 0 Å². The van der Waals surface area contributed by atoms with E-state index < -0.39 is 0 Å². The second kappa shape index (κ2) is 11.9. The zero-order valence-corrected chi connectivity index (χ0v) is 27.6. The van der Waals surface area contributed by atoms with E-state index in [-0.39, 0.29) is 0 Å². The van der Waals surface area contributed by atoms with Crippen molar-refractivity contribution in [1.82, 2.24) is 9.55 Å². The Balaban J connectivity index is 1.05. The molecule has 0 radical (unpaired) electrons. The van der Waals surface area contributed by atoms with E-state index in [1.54, 1.807) is 0 Å². The minimum atomic E-state index is 0.844. The lowest BCUT2D eigenvalue weighted by molar-refractivity contribution is 0.668. The van der Waals surface area contributed by atoms with E-state index in [1.165, 1.54) is 27.4 Å². The first kappa shape index (κ1) is 29.0. The molecule has 4 nitrogen and oxygen atoms in total. The number of para-hydroxylation sites is 5. The van der Waals surface area contributed by atoms with Crippen LogP contribution in [0.2, 0.25) is 0 Å². The Kier molecular flexibility index (Phi) is 6.78. The van der Waals surface area contributed by atoms with Gasteiger partial charge in [0.1, 0.15) is 11.2 Å². The van der Waals surface area contributed by atoms with Crippen molar-refractivity contribution in [2.75, 3.05) is 4.90 Å². The normalized spacial score (nSPS) is 11.5. The summed E-state index contributed by atoms with van der Waals surface area (Å²) in [7, 11) is 0. The number of hydrogen-bond donors (Lipinski definition) is 0. The zero-order chi connectivity index (χ0) is 33.7. The van der Waals surface area contributed by atoms with Gasteiger partial charge in [-0.3, -0.25) is 4.98 Å². The molecule has 3 heterocycles. The predicted molar refractivity (Wildman–Crippen MR) is 211 cm³/mol. The molecule has 0 unspecified atom stereocenters. The summed E-state index contributed by atoms with van der Waals surface area (Å²) in [6, 6.07) is 64.2. The van der Waals surface area contributed by atoms with Crippen molar-refractivity contribution in [3.63, 3.8) is 0 Å². The maximum absolute atomic E-state index is 6.15. The highest BCUT2D eigenvalue weighted by Gasteiger charge is 2.18. The van der Waals surface area contributed by atoms with Gasteiger partial charge in [-0.15, -0.1) is 0 Å². The summed E-state index contributed by atoms with van der Waals surface area (Å²) < 4.78 is 8.55. The van der Waals surface area contributed by atoms with Crippen molar-refractivity contribution in [2.24, 2.45) is 0 Å². The molecule has 0 fully saturated rings. The standard InChI is InChI=1S/C47H31N3O/c1-2-12-34(13-3-1)49(36-28-24-33(25-29-36)47-46-40-17-7-11-21-44(40)51-45(46)30-31-48-47)35-26-22-32(23-27-35)37-14-4-8-18-41(37)50-42-19-9-5-15-38(42)39-16-6-10-20-43(39)50/h1-31H. The maximum atomic E-state index is 6.15. The lowest BCUT2D eigenvalue weighted by Crippen LogP contribution is -2.09. The summed E-state index contributed by atoms with van der Waals surface area (Å²) in [6.45, 7) is 0. The number of benzene rings is 7. The molecule has 0 aliphatic heterocycles. The molecule has 4 heteroatoms. The van der Waals surface area contributed by atoms with Crippen molar-refractivity contribution in [3.05, 3.63) is 188 Å². The minimum Gasteiger partial charge on any atom is -0.456 e. The fraction of sp³-hybridized carbons (Fsp3) is 0. The van der Waals surface area contributed by atoms with Gasteiger partial charge in [-0.05, 0) is 72.3 Å². The van der Waals surface area contributed by atoms with Crippen LogP contribution >= 0.6 is 0 Å². The van der Waals surface area contributed by atoms with Gasteiger partial charge in [0.15, 0.2) is 0 Å². The molecule has 0 aliphatic carbocycles. The molecular weight excluding hydrogens is 623 g/mol. The van der Waals surface area contributed by atoms with Gasteiger partial charge in [0.2, 0.25) is 0 Å². The van der Waals surface area contributed by atoms with Gasteiger partial charge < -0.3 is 13.9 Å². The van der Waals surface area contributed by atoms with Crippen LogP contribution in [0.15, 0.2) is 193 Å². The van der Waals surface area contributed by atoms with Crippen LogP contribution in [0.4, 0.5) is 17.1 Å². The first-order valence-electron chi connectivity index (χ1n) is 17.2. The van der Waals surface area contributed by atoms with Crippen LogP contribution in [0.5, 0.6) is 0 Å². The Morgan fingerprint density at radius 3 is 1.69 bits per heavy atom. The number of hydrogen-bond acceptors (Lipinski definition) is 3. The van der Waals surface area contributed by atoms with Gasteiger partial charge in [0.25, 0.3) is 0 Å². The lowest BCUT2D eigenvalue weighted by Gasteiger charge is -2.26. The van der Waals surface area contributed by atoms with E-state index in [4.69, 9.17) is 9.40 Å². The highest BCUT2D eigenvalue weighted by Crippen LogP contribution is 2.40. The summed E-state index contributed by atoms with van der Waals surface area (Å²) >= 11 is 0. The summed E-state index contributed by atoms with van der Waals surface area (Å²) in [5.74, 6) is 0. The Hall–Kier alpha value is -6.91. The molecule has 0 bridgehead atoms. The molecule has 0 saturated carbocycles. The molecule has 51 heavy (non-hydrogen) atoms. The van der Waals surface area contributed by atoms with Crippen molar-refractivity contribution in [3.8, 4) is 28.1 Å². The molecule has 3 aromatic heterocycles. The molecule has 0 saturated heterocycles. The van der Waals surface area contributed by atoms with Gasteiger partial charge in [-0.2, -0.15) is 0 Å². The third kappa shape index (κ3) is 4.80. The monoisotopic (exact) mass is 653 g/mol. The molecule has 10 aromatic rings. The number of nitrogens with zero attached hydrogens (tertiary/aromatic N) is 3. The molecule has 7 aromatic carbocycles. The quantitative estimate of drug-likeness (QED) is 0.179. The molecular formula is C47H31N3O. The maximum Gasteiger partial charge on any atom is 0.139 e. The molecule has 0 spiro atoms. The van der Waals surface area contributed by atoms with Gasteiger partial charge in [0, 0.05) is 50.5 Å². The summed E-state index contributed by atoms with van der Waals surface area (Å²) in [5, 5.41) is 4.63. The first-order chi connectivity index (χ1) is 25.3. The molecule has 0 aliphatic rings. The summed E-state index contributed by atoms with van der Waals surface area (Å²) in [4.78, 5) is 7.11. The second-order valence-electron chi connectivity index (χ2n) is 12.8. The van der Waals surface area contributed by atoms with E-state index >= 15 is 0 Å². The SMILES string of the molecule is c1ccc(N(c2ccc(-c3ccccc3-n3c4ccccc4c4ccccc43)cc2)c2ccc(-c3nccc4oc5ccccc5c34)cc2)cc1. The van der Waals surface area contributed by atoms with Crippen LogP contribution in [-0.4, -0.2) is 9.55 Å². The fourth-order valence-corrected chi connectivity index (χ4v) is 7.57. The van der Waals surface area contributed by atoms with E-state index in [0.29, 0.717) is 0 Å². The Morgan fingerprint density at radius 2 is 0.980 bits per heavy atom. The van der Waals surface area contributed by atoms with Crippen molar-refractivity contribution >= 4 is 60.8 Å².